The van der Waals surface area contributed by atoms with Crippen LogP contribution in [0.25, 0.3) is 5.76 Å². The van der Waals surface area contributed by atoms with Crippen molar-refractivity contribution in [3.63, 3.8) is 0 Å². The van der Waals surface area contributed by atoms with Gasteiger partial charge in [0.05, 0.1) is 25.5 Å². The summed E-state index contributed by atoms with van der Waals surface area (Å²) in [5.74, 6) is -0.750. The molecule has 0 unspecified atom stereocenters. The van der Waals surface area contributed by atoms with E-state index in [2.05, 4.69) is 4.98 Å². The van der Waals surface area contributed by atoms with E-state index in [1.165, 1.54) is 19.1 Å². The lowest BCUT2D eigenvalue weighted by atomic mass is 9.98. The van der Waals surface area contributed by atoms with Gasteiger partial charge < -0.3 is 24.4 Å². The number of benzene rings is 1. The molecule has 1 aliphatic rings. The van der Waals surface area contributed by atoms with Crippen molar-refractivity contribution in [2.45, 2.75) is 12.5 Å². The number of carbonyl (C=O) groups excluding carboxylic acids is 2. The number of aliphatic hydroxyl groups excluding tert-OH is 1. The smallest absolute Gasteiger partial charge is 0.295 e. The maximum absolute atomic E-state index is 13.0. The fourth-order valence-corrected chi connectivity index (χ4v) is 3.65. The topological polar surface area (TPSA) is 92.2 Å². The van der Waals surface area contributed by atoms with E-state index in [1.807, 2.05) is 19.0 Å². The van der Waals surface area contributed by atoms with Crippen LogP contribution in [0.1, 0.15) is 23.7 Å². The van der Waals surface area contributed by atoms with E-state index < -0.39 is 17.7 Å². The minimum Gasteiger partial charge on any atom is -0.507 e. The van der Waals surface area contributed by atoms with Crippen LogP contribution < -0.4 is 9.47 Å². The molecule has 1 amide bonds. The number of carbonyl (C=O) groups is 2. The molecule has 0 radical (unpaired) electrons. The van der Waals surface area contributed by atoms with Gasteiger partial charge in [-0.2, -0.15) is 0 Å². The average molecular weight is 425 g/mol. The summed E-state index contributed by atoms with van der Waals surface area (Å²) in [6.07, 6.45) is 2.28. The van der Waals surface area contributed by atoms with Gasteiger partial charge >= 0.3 is 0 Å². The van der Waals surface area contributed by atoms with Gasteiger partial charge in [0, 0.05) is 18.3 Å². The second-order valence-corrected chi connectivity index (χ2v) is 7.47. The van der Waals surface area contributed by atoms with Gasteiger partial charge in [-0.1, -0.05) is 6.07 Å². The number of aromatic nitrogens is 1. The first-order valence-electron chi connectivity index (χ1n) is 9.95. The molecule has 1 fully saturated rings. The Labute approximate surface area is 181 Å². The number of methoxy groups -OCH3 is 2. The third-order valence-corrected chi connectivity index (χ3v) is 5.17. The zero-order chi connectivity index (χ0) is 22.5. The fourth-order valence-electron chi connectivity index (χ4n) is 3.65. The molecule has 2 heterocycles. The Morgan fingerprint density at radius 3 is 2.48 bits per heavy atom. The molecule has 1 aromatic carbocycles. The summed E-state index contributed by atoms with van der Waals surface area (Å²) in [4.78, 5) is 33.7. The lowest BCUT2D eigenvalue weighted by Crippen LogP contribution is -2.32. The van der Waals surface area contributed by atoms with E-state index in [1.54, 1.807) is 42.6 Å². The Hall–Kier alpha value is -3.39. The molecule has 1 N–H and O–H groups in total. The van der Waals surface area contributed by atoms with E-state index in [-0.39, 0.29) is 11.3 Å². The molecule has 0 spiro atoms. The van der Waals surface area contributed by atoms with Gasteiger partial charge in [0.1, 0.15) is 11.8 Å². The second-order valence-electron chi connectivity index (χ2n) is 7.47. The van der Waals surface area contributed by atoms with Crippen molar-refractivity contribution in [3.8, 4) is 11.5 Å². The summed E-state index contributed by atoms with van der Waals surface area (Å²) >= 11 is 0. The Morgan fingerprint density at radius 1 is 1.13 bits per heavy atom. The van der Waals surface area contributed by atoms with Crippen molar-refractivity contribution < 1.29 is 24.2 Å². The Bertz CT molecular complexity index is 988. The zero-order valence-corrected chi connectivity index (χ0v) is 18.2. The number of amides is 1. The van der Waals surface area contributed by atoms with Gasteiger partial charge in [-0.25, -0.2) is 0 Å². The van der Waals surface area contributed by atoms with Crippen LogP contribution in [0.2, 0.25) is 0 Å². The van der Waals surface area contributed by atoms with Gasteiger partial charge in [-0.05, 0) is 57.4 Å². The average Bonchev–Trinajstić information content (AvgIpc) is 3.03. The number of hydrogen-bond donors (Lipinski definition) is 1. The highest BCUT2D eigenvalue weighted by molar-refractivity contribution is 6.46. The van der Waals surface area contributed by atoms with Gasteiger partial charge in [0.25, 0.3) is 11.7 Å². The standard InChI is InChI=1S/C23H27N3O5/c1-25(2)12-7-13-26-20(16-8-5-6-11-24-16)19(22(28)23(26)29)21(27)15-9-10-17(30-3)18(14-15)31-4/h5-6,8-11,14,20,27H,7,12-13H2,1-4H3/b21-19+/t20-/m0/s1. The molecule has 2 aromatic rings. The fraction of sp³-hybridized carbons (Fsp3) is 0.348. The van der Waals surface area contributed by atoms with Crippen molar-refractivity contribution in [1.29, 1.82) is 0 Å². The molecule has 3 rings (SSSR count). The molecule has 31 heavy (non-hydrogen) atoms. The summed E-state index contributed by atoms with van der Waals surface area (Å²) < 4.78 is 10.5. The summed E-state index contributed by atoms with van der Waals surface area (Å²) in [7, 11) is 6.89. The van der Waals surface area contributed by atoms with Crippen molar-refractivity contribution in [1.82, 2.24) is 14.8 Å². The molecule has 1 atom stereocenters. The second kappa shape index (κ2) is 9.61. The van der Waals surface area contributed by atoms with Gasteiger partial charge in [-0.3, -0.25) is 14.6 Å². The summed E-state index contributed by atoms with van der Waals surface area (Å²) in [6, 6.07) is 9.36. The first kappa shape index (κ1) is 22.3. The van der Waals surface area contributed by atoms with E-state index in [9.17, 15) is 14.7 Å². The monoisotopic (exact) mass is 425 g/mol. The molecule has 1 saturated heterocycles. The number of rotatable bonds is 8. The third kappa shape index (κ3) is 4.54. The summed E-state index contributed by atoms with van der Waals surface area (Å²) in [5.41, 5.74) is 0.888. The van der Waals surface area contributed by atoms with Crippen LogP contribution in [-0.4, -0.2) is 73.0 Å². The highest BCUT2D eigenvalue weighted by atomic mass is 16.5. The lowest BCUT2D eigenvalue weighted by Gasteiger charge is -2.25. The van der Waals surface area contributed by atoms with Crippen LogP contribution in [0.3, 0.4) is 0 Å². The number of aliphatic hydroxyl groups is 1. The molecule has 0 bridgehead atoms. The number of Topliss-reactive ketones (excluding diaryl/α,β-unsaturated/α-hetero) is 1. The third-order valence-electron chi connectivity index (χ3n) is 5.17. The minimum atomic E-state index is -0.767. The number of likely N-dealkylation sites (tertiary alicyclic amines) is 1. The molecule has 0 aliphatic carbocycles. The molecule has 0 saturated carbocycles. The highest BCUT2D eigenvalue weighted by Crippen LogP contribution is 2.40. The Kier molecular flexibility index (Phi) is 6.91. The molecule has 8 heteroatoms. The quantitative estimate of drug-likeness (QED) is 0.395. The van der Waals surface area contributed by atoms with Crippen molar-refractivity contribution in [2.24, 2.45) is 0 Å². The maximum atomic E-state index is 13.0. The lowest BCUT2D eigenvalue weighted by molar-refractivity contribution is -0.140. The van der Waals surface area contributed by atoms with E-state index in [0.717, 1.165) is 6.54 Å². The minimum absolute atomic E-state index is 0.0146. The SMILES string of the molecule is COc1ccc(/C(O)=C2\C(=O)C(=O)N(CCCN(C)C)[C@H]2c2ccccn2)cc1OC. The van der Waals surface area contributed by atoms with E-state index in [4.69, 9.17) is 9.47 Å². The predicted octanol–water partition coefficient (Wildman–Crippen LogP) is 2.47. The zero-order valence-electron chi connectivity index (χ0n) is 18.2. The normalized spacial score (nSPS) is 18.0. The summed E-state index contributed by atoms with van der Waals surface area (Å²) in [6.45, 7) is 1.13. The maximum Gasteiger partial charge on any atom is 0.295 e. The van der Waals surface area contributed by atoms with Crippen LogP contribution in [-0.2, 0) is 9.59 Å². The van der Waals surface area contributed by atoms with Crippen LogP contribution in [0.4, 0.5) is 0 Å². The highest BCUT2D eigenvalue weighted by Gasteiger charge is 2.46. The molecule has 1 aliphatic heterocycles. The first-order valence-corrected chi connectivity index (χ1v) is 9.95. The first-order chi connectivity index (χ1) is 14.9. The van der Waals surface area contributed by atoms with Crippen LogP contribution >= 0.6 is 0 Å². The van der Waals surface area contributed by atoms with Crippen LogP contribution in [0.5, 0.6) is 11.5 Å². The van der Waals surface area contributed by atoms with Gasteiger partial charge in [-0.15, -0.1) is 0 Å². The summed E-state index contributed by atoms with van der Waals surface area (Å²) in [5, 5.41) is 11.1. The number of hydrogen-bond acceptors (Lipinski definition) is 7. The number of ketones is 1. The van der Waals surface area contributed by atoms with Crippen LogP contribution in [0, 0.1) is 0 Å². The predicted molar refractivity (Wildman–Crippen MR) is 116 cm³/mol. The molecule has 1 aromatic heterocycles. The Morgan fingerprint density at radius 2 is 1.87 bits per heavy atom. The molecular formula is C23H27N3O5. The van der Waals surface area contributed by atoms with Crippen molar-refractivity contribution >= 4 is 17.4 Å². The number of ether oxygens (including phenoxy) is 2. The number of pyridine rings is 1. The van der Waals surface area contributed by atoms with Crippen molar-refractivity contribution in [2.75, 3.05) is 41.4 Å². The van der Waals surface area contributed by atoms with Crippen molar-refractivity contribution in [3.05, 3.63) is 59.4 Å². The van der Waals surface area contributed by atoms with Gasteiger partial charge in [0.2, 0.25) is 0 Å². The Balaban J connectivity index is 2.09. The van der Waals surface area contributed by atoms with Gasteiger partial charge in [0.15, 0.2) is 11.5 Å². The largest absolute Gasteiger partial charge is 0.507 e. The van der Waals surface area contributed by atoms with Crippen LogP contribution in [0.15, 0.2) is 48.2 Å². The van der Waals surface area contributed by atoms with E-state index >= 15 is 0 Å². The van der Waals surface area contributed by atoms with E-state index in [0.29, 0.717) is 35.7 Å². The molecule has 164 valence electrons. The number of nitrogens with zero attached hydrogens (tertiary/aromatic N) is 3. The molecular weight excluding hydrogens is 398 g/mol. The molecule has 8 nitrogen and oxygen atoms in total.